The molecule has 5 heteroatoms. The first-order valence-electron chi connectivity index (χ1n) is 8.21. The molecule has 0 spiro atoms. The molecule has 1 amide bonds. The van der Waals surface area contributed by atoms with E-state index in [1.54, 1.807) is 11.3 Å². The highest BCUT2D eigenvalue weighted by Gasteiger charge is 2.43. The lowest BCUT2D eigenvalue weighted by Crippen LogP contribution is -2.27. The average Bonchev–Trinajstić information content (AvgIpc) is 3.26. The first kappa shape index (κ1) is 14.2. The molecule has 1 aromatic heterocycles. The molecule has 4 rings (SSSR count). The van der Waals surface area contributed by atoms with E-state index in [2.05, 4.69) is 5.32 Å². The summed E-state index contributed by atoms with van der Waals surface area (Å²) >= 11 is 1.57. The molecule has 0 unspecified atom stereocenters. The first-order valence-corrected chi connectivity index (χ1v) is 9.02. The molecule has 22 heavy (non-hydrogen) atoms. The van der Waals surface area contributed by atoms with Crippen molar-refractivity contribution in [1.82, 2.24) is 0 Å². The van der Waals surface area contributed by atoms with E-state index in [4.69, 9.17) is 4.74 Å². The third-order valence-corrected chi connectivity index (χ3v) is 6.83. The predicted molar refractivity (Wildman–Crippen MR) is 85.3 cm³/mol. The zero-order chi connectivity index (χ0) is 15.3. The number of rotatable bonds is 3. The topological polar surface area (TPSA) is 55.4 Å². The summed E-state index contributed by atoms with van der Waals surface area (Å²) in [6.07, 6.45) is 7.72. The molecule has 0 saturated heterocycles. The van der Waals surface area contributed by atoms with Crippen LogP contribution in [-0.2, 0) is 22.4 Å². The van der Waals surface area contributed by atoms with E-state index in [-0.39, 0.29) is 17.8 Å². The van der Waals surface area contributed by atoms with Crippen molar-refractivity contribution in [1.29, 1.82) is 0 Å². The van der Waals surface area contributed by atoms with Crippen LogP contribution in [0.5, 0.6) is 0 Å². The van der Waals surface area contributed by atoms with Crippen molar-refractivity contribution in [3.05, 3.63) is 16.0 Å². The van der Waals surface area contributed by atoms with Gasteiger partial charge < -0.3 is 10.1 Å². The Morgan fingerprint density at radius 2 is 2.09 bits per heavy atom. The molecule has 2 bridgehead atoms. The largest absolute Gasteiger partial charge is 0.465 e. The van der Waals surface area contributed by atoms with E-state index >= 15 is 0 Å². The van der Waals surface area contributed by atoms with Gasteiger partial charge in [-0.15, -0.1) is 11.3 Å². The lowest BCUT2D eigenvalue weighted by Gasteiger charge is -2.20. The van der Waals surface area contributed by atoms with Gasteiger partial charge in [0.2, 0.25) is 5.91 Å². The zero-order valence-corrected chi connectivity index (χ0v) is 13.6. The second-order valence-electron chi connectivity index (χ2n) is 6.82. The van der Waals surface area contributed by atoms with E-state index < -0.39 is 0 Å². The van der Waals surface area contributed by atoms with Gasteiger partial charge in [0.05, 0.1) is 12.7 Å². The predicted octanol–water partition coefficient (Wildman–Crippen LogP) is 3.40. The minimum atomic E-state index is -0.317. The summed E-state index contributed by atoms with van der Waals surface area (Å²) in [4.78, 5) is 26.0. The van der Waals surface area contributed by atoms with Gasteiger partial charge in [0, 0.05) is 10.8 Å². The standard InChI is InChI=1S/C17H21NO3S/c1-21-17(20)14-11-3-2-4-13(11)22-16(14)18-15(19)12-8-9-5-6-10(12)7-9/h9-10,12H,2-8H2,1H3,(H,18,19)/t9-,10+,12-/m0/s1. The van der Waals surface area contributed by atoms with Gasteiger partial charge in [0.15, 0.2) is 0 Å². The fourth-order valence-electron chi connectivity index (χ4n) is 4.58. The summed E-state index contributed by atoms with van der Waals surface area (Å²) in [6, 6.07) is 0. The van der Waals surface area contributed by atoms with Crippen LogP contribution in [0, 0.1) is 17.8 Å². The number of hydrogen-bond acceptors (Lipinski definition) is 4. The van der Waals surface area contributed by atoms with Gasteiger partial charge in [-0.05, 0) is 55.9 Å². The SMILES string of the molecule is COC(=O)c1c(NC(=O)[C@H]2C[C@H]3CC[C@@H]2C3)sc2c1CCC2. The quantitative estimate of drug-likeness (QED) is 0.869. The average molecular weight is 319 g/mol. The van der Waals surface area contributed by atoms with E-state index in [0.29, 0.717) is 16.5 Å². The Morgan fingerprint density at radius 3 is 2.77 bits per heavy atom. The molecule has 0 aliphatic heterocycles. The van der Waals surface area contributed by atoms with Crippen LogP contribution in [0.3, 0.4) is 0 Å². The van der Waals surface area contributed by atoms with Crippen LogP contribution < -0.4 is 5.32 Å². The van der Waals surface area contributed by atoms with Gasteiger partial charge in [-0.2, -0.15) is 0 Å². The van der Waals surface area contributed by atoms with Gasteiger partial charge in [-0.25, -0.2) is 4.79 Å². The number of nitrogens with one attached hydrogen (secondary N) is 1. The van der Waals surface area contributed by atoms with Crippen molar-refractivity contribution in [2.75, 3.05) is 12.4 Å². The summed E-state index contributed by atoms with van der Waals surface area (Å²) in [7, 11) is 1.41. The highest BCUT2D eigenvalue weighted by atomic mass is 32.1. The van der Waals surface area contributed by atoms with Crippen molar-refractivity contribution in [3.8, 4) is 0 Å². The number of carbonyl (C=O) groups is 2. The molecule has 3 aliphatic rings. The van der Waals surface area contributed by atoms with Crippen LogP contribution in [0.25, 0.3) is 0 Å². The molecular formula is C17H21NO3S. The summed E-state index contributed by atoms with van der Waals surface area (Å²) in [5, 5.41) is 3.77. The van der Waals surface area contributed by atoms with Crippen molar-refractivity contribution in [3.63, 3.8) is 0 Å². The van der Waals surface area contributed by atoms with Crippen LogP contribution in [0.2, 0.25) is 0 Å². The number of carbonyl (C=O) groups excluding carboxylic acids is 2. The number of fused-ring (bicyclic) bond motifs is 3. The molecule has 1 N–H and O–H groups in total. The number of hydrogen-bond donors (Lipinski definition) is 1. The number of aryl methyl sites for hydroxylation is 1. The first-order chi connectivity index (χ1) is 10.7. The summed E-state index contributed by atoms with van der Waals surface area (Å²) in [5.74, 6) is 1.23. The Balaban J connectivity index is 1.58. The Bertz CT molecular complexity index is 636. The van der Waals surface area contributed by atoms with Gasteiger partial charge in [0.1, 0.15) is 5.00 Å². The lowest BCUT2D eigenvalue weighted by atomic mass is 9.88. The maximum absolute atomic E-state index is 12.6. The third kappa shape index (κ3) is 2.18. The number of esters is 1. The summed E-state index contributed by atoms with van der Waals surface area (Å²) in [6.45, 7) is 0. The lowest BCUT2D eigenvalue weighted by molar-refractivity contribution is -0.121. The Hall–Kier alpha value is -1.36. The van der Waals surface area contributed by atoms with Crippen molar-refractivity contribution in [2.45, 2.75) is 44.9 Å². The highest BCUT2D eigenvalue weighted by Crippen LogP contribution is 2.49. The van der Waals surface area contributed by atoms with Crippen LogP contribution in [0.15, 0.2) is 0 Å². The molecule has 0 radical (unpaired) electrons. The van der Waals surface area contributed by atoms with Crippen molar-refractivity contribution < 1.29 is 14.3 Å². The number of amides is 1. The number of anilines is 1. The normalized spacial score (nSPS) is 28.7. The fraction of sp³-hybridized carbons (Fsp3) is 0.647. The minimum Gasteiger partial charge on any atom is -0.465 e. The molecule has 3 atom stereocenters. The molecule has 1 aromatic rings. The summed E-state index contributed by atoms with van der Waals surface area (Å²) in [5.41, 5.74) is 1.71. The van der Waals surface area contributed by atoms with E-state index in [0.717, 1.165) is 37.2 Å². The molecule has 0 aromatic carbocycles. The van der Waals surface area contributed by atoms with E-state index in [1.807, 2.05) is 0 Å². The van der Waals surface area contributed by atoms with E-state index in [1.165, 1.54) is 31.2 Å². The second kappa shape index (κ2) is 5.37. The molecule has 118 valence electrons. The number of thiophene rings is 1. The van der Waals surface area contributed by atoms with Crippen LogP contribution in [0.4, 0.5) is 5.00 Å². The number of methoxy groups -OCH3 is 1. The highest BCUT2D eigenvalue weighted by molar-refractivity contribution is 7.17. The van der Waals surface area contributed by atoms with Gasteiger partial charge >= 0.3 is 5.97 Å². The smallest absolute Gasteiger partial charge is 0.341 e. The molecule has 2 fully saturated rings. The molecule has 1 heterocycles. The van der Waals surface area contributed by atoms with Crippen molar-refractivity contribution in [2.24, 2.45) is 17.8 Å². The molecule has 4 nitrogen and oxygen atoms in total. The van der Waals surface area contributed by atoms with E-state index in [9.17, 15) is 9.59 Å². The maximum Gasteiger partial charge on any atom is 0.341 e. The van der Waals surface area contributed by atoms with Gasteiger partial charge in [-0.1, -0.05) is 6.42 Å². The van der Waals surface area contributed by atoms with Crippen molar-refractivity contribution >= 4 is 28.2 Å². The van der Waals surface area contributed by atoms with Gasteiger partial charge in [0.25, 0.3) is 0 Å². The fourth-order valence-corrected chi connectivity index (χ4v) is 5.86. The molecule has 2 saturated carbocycles. The third-order valence-electron chi connectivity index (χ3n) is 5.62. The van der Waals surface area contributed by atoms with Gasteiger partial charge in [-0.3, -0.25) is 4.79 Å². The summed E-state index contributed by atoms with van der Waals surface area (Å²) < 4.78 is 4.93. The maximum atomic E-state index is 12.6. The molecule has 3 aliphatic carbocycles. The monoisotopic (exact) mass is 319 g/mol. The Morgan fingerprint density at radius 1 is 1.23 bits per heavy atom. The van der Waals surface area contributed by atoms with Crippen LogP contribution >= 0.6 is 11.3 Å². The number of ether oxygens (including phenoxy) is 1. The Kier molecular flexibility index (Phi) is 3.48. The zero-order valence-electron chi connectivity index (χ0n) is 12.8. The van der Waals surface area contributed by atoms with Crippen LogP contribution in [0.1, 0.15) is 52.9 Å². The Labute approximate surface area is 134 Å². The molecular weight excluding hydrogens is 298 g/mol. The second-order valence-corrected chi connectivity index (χ2v) is 7.93. The van der Waals surface area contributed by atoms with Crippen LogP contribution in [-0.4, -0.2) is 19.0 Å². The minimum absolute atomic E-state index is 0.109.